The number of fused-ring (bicyclic) bond motifs is 1. The van der Waals surface area contributed by atoms with E-state index in [0.29, 0.717) is 0 Å². The number of carboxylic acid groups (broad SMARTS) is 1. The number of carboxylic acids is 1. The monoisotopic (exact) mass is 355 g/mol. The summed E-state index contributed by atoms with van der Waals surface area (Å²) < 4.78 is 5.49. The van der Waals surface area contributed by atoms with E-state index in [1.165, 1.54) is 5.56 Å². The summed E-state index contributed by atoms with van der Waals surface area (Å²) >= 11 is 0. The van der Waals surface area contributed by atoms with Gasteiger partial charge in [0.05, 0.1) is 7.11 Å². The average Bonchev–Trinajstić information content (AvgIpc) is 3.06. The minimum Gasteiger partial charge on any atom is -0.494 e. The number of carbonyl (C=O) groups is 1. The first-order valence-electron chi connectivity index (χ1n) is 9.17. The summed E-state index contributed by atoms with van der Waals surface area (Å²) in [6.07, 6.45) is 2.72. The van der Waals surface area contributed by atoms with Crippen molar-refractivity contribution in [3.05, 3.63) is 29.8 Å². The van der Waals surface area contributed by atoms with Crippen molar-refractivity contribution in [3.63, 3.8) is 0 Å². The maximum atomic E-state index is 11.2. The lowest BCUT2D eigenvalue weighted by Gasteiger charge is -2.39. The smallest absolute Gasteiger partial charge is 0.320 e. The van der Waals surface area contributed by atoms with Crippen LogP contribution >= 0.6 is 0 Å². The lowest BCUT2D eigenvalue weighted by molar-refractivity contribution is -0.139. The molecule has 2 aliphatic rings. The van der Waals surface area contributed by atoms with Gasteiger partial charge in [-0.1, -0.05) is 12.1 Å². The Kier molecular flexibility index (Phi) is 4.23. The van der Waals surface area contributed by atoms with E-state index in [2.05, 4.69) is 29.3 Å². The van der Waals surface area contributed by atoms with Gasteiger partial charge in [-0.15, -0.1) is 0 Å². The molecule has 6 nitrogen and oxygen atoms in total. The van der Waals surface area contributed by atoms with Crippen LogP contribution in [0.3, 0.4) is 0 Å². The van der Waals surface area contributed by atoms with Crippen LogP contribution in [0.1, 0.15) is 24.8 Å². The highest BCUT2D eigenvalue weighted by molar-refractivity contribution is 5.88. The summed E-state index contributed by atoms with van der Waals surface area (Å²) in [5.74, 6) is 1.04. The van der Waals surface area contributed by atoms with Gasteiger partial charge in [-0.25, -0.2) is 4.98 Å². The molecule has 2 N–H and O–H groups in total. The highest BCUT2D eigenvalue weighted by Gasteiger charge is 2.43. The second-order valence-electron chi connectivity index (χ2n) is 7.62. The molecule has 0 aliphatic carbocycles. The van der Waals surface area contributed by atoms with E-state index in [4.69, 9.17) is 9.72 Å². The number of anilines is 1. The predicted molar refractivity (Wildman–Crippen MR) is 101 cm³/mol. The van der Waals surface area contributed by atoms with E-state index in [-0.39, 0.29) is 5.41 Å². The quantitative estimate of drug-likeness (QED) is 0.881. The number of methoxy groups -OCH3 is 1. The van der Waals surface area contributed by atoms with E-state index >= 15 is 0 Å². The van der Waals surface area contributed by atoms with Gasteiger partial charge in [0, 0.05) is 25.0 Å². The van der Waals surface area contributed by atoms with Crippen molar-refractivity contribution < 1.29 is 14.6 Å². The Morgan fingerprint density at radius 2 is 2.15 bits per heavy atom. The number of piperidine rings is 1. The Bertz CT molecular complexity index is 844. The van der Waals surface area contributed by atoms with Crippen molar-refractivity contribution in [2.45, 2.75) is 32.2 Å². The maximum absolute atomic E-state index is 11.2. The number of hydrogen-bond acceptors (Lipinski definition) is 5. The predicted octanol–water partition coefficient (Wildman–Crippen LogP) is 2.58. The summed E-state index contributed by atoms with van der Waals surface area (Å²) in [6.45, 7) is 4.72. The van der Waals surface area contributed by atoms with Gasteiger partial charge in [0.2, 0.25) is 0 Å². The van der Waals surface area contributed by atoms with Crippen LogP contribution in [0.2, 0.25) is 0 Å². The molecule has 4 rings (SSSR count). The molecule has 1 aromatic heterocycles. The SMILES string of the molecule is COc1cccc2c(C)cc(N3CCC4(CC3)CNC(C(=O)O)C4)nc12. The Balaban J connectivity index is 1.56. The summed E-state index contributed by atoms with van der Waals surface area (Å²) in [7, 11) is 1.68. The zero-order valence-corrected chi connectivity index (χ0v) is 15.3. The van der Waals surface area contributed by atoms with Gasteiger partial charge in [0.15, 0.2) is 0 Å². The number of para-hydroxylation sites is 1. The van der Waals surface area contributed by atoms with Gasteiger partial charge in [-0.3, -0.25) is 4.79 Å². The second kappa shape index (κ2) is 6.43. The number of nitrogens with zero attached hydrogens (tertiary/aromatic N) is 2. The molecule has 3 heterocycles. The fraction of sp³-hybridized carbons (Fsp3) is 0.500. The summed E-state index contributed by atoms with van der Waals surface area (Å²) in [4.78, 5) is 18.4. The molecule has 6 heteroatoms. The average molecular weight is 355 g/mol. The van der Waals surface area contributed by atoms with Crippen molar-refractivity contribution in [2.24, 2.45) is 5.41 Å². The Morgan fingerprint density at radius 3 is 2.81 bits per heavy atom. The minimum atomic E-state index is -0.733. The number of aromatic nitrogens is 1. The van der Waals surface area contributed by atoms with Gasteiger partial charge in [-0.05, 0) is 49.3 Å². The van der Waals surface area contributed by atoms with Crippen molar-refractivity contribution in [3.8, 4) is 5.75 Å². The lowest BCUT2D eigenvalue weighted by Crippen LogP contribution is -2.41. The van der Waals surface area contributed by atoms with Crippen molar-refractivity contribution >= 4 is 22.7 Å². The second-order valence-corrected chi connectivity index (χ2v) is 7.62. The van der Waals surface area contributed by atoms with Crippen molar-refractivity contribution in [1.29, 1.82) is 0 Å². The van der Waals surface area contributed by atoms with Crippen LogP contribution in [-0.4, -0.2) is 48.8 Å². The molecule has 1 spiro atoms. The number of hydrogen-bond donors (Lipinski definition) is 2. The van der Waals surface area contributed by atoms with E-state index in [9.17, 15) is 9.90 Å². The molecule has 1 atom stereocenters. The molecule has 2 aromatic rings. The molecular weight excluding hydrogens is 330 g/mol. The number of nitrogens with one attached hydrogen (secondary N) is 1. The molecule has 0 amide bonds. The van der Waals surface area contributed by atoms with Crippen molar-refractivity contribution in [1.82, 2.24) is 10.3 Å². The zero-order valence-electron chi connectivity index (χ0n) is 15.3. The Hall–Kier alpha value is -2.34. The van der Waals surface area contributed by atoms with Crippen LogP contribution in [0.5, 0.6) is 5.75 Å². The maximum Gasteiger partial charge on any atom is 0.320 e. The molecule has 26 heavy (non-hydrogen) atoms. The van der Waals surface area contributed by atoms with Gasteiger partial charge < -0.3 is 20.1 Å². The summed E-state index contributed by atoms with van der Waals surface area (Å²) in [6, 6.07) is 7.76. The van der Waals surface area contributed by atoms with Crippen LogP contribution < -0.4 is 15.0 Å². The first kappa shape index (κ1) is 17.1. The molecule has 0 bridgehead atoms. The number of aliphatic carboxylic acids is 1. The van der Waals surface area contributed by atoms with Gasteiger partial charge >= 0.3 is 5.97 Å². The summed E-state index contributed by atoms with van der Waals surface area (Å²) in [5.41, 5.74) is 2.21. The Morgan fingerprint density at radius 1 is 1.38 bits per heavy atom. The molecule has 2 aliphatic heterocycles. The van der Waals surface area contributed by atoms with Gasteiger partial charge in [0.1, 0.15) is 23.1 Å². The highest BCUT2D eigenvalue weighted by atomic mass is 16.5. The fourth-order valence-electron chi connectivity index (χ4n) is 4.38. The molecule has 0 radical (unpaired) electrons. The zero-order chi connectivity index (χ0) is 18.3. The van der Waals surface area contributed by atoms with Gasteiger partial charge in [-0.2, -0.15) is 0 Å². The van der Waals surface area contributed by atoms with Crippen LogP contribution in [0.25, 0.3) is 10.9 Å². The minimum absolute atomic E-state index is 0.114. The van der Waals surface area contributed by atoms with E-state index in [1.54, 1.807) is 7.11 Å². The molecule has 2 saturated heterocycles. The number of pyridine rings is 1. The number of aryl methyl sites for hydroxylation is 1. The van der Waals surface area contributed by atoms with Crippen LogP contribution in [0, 0.1) is 12.3 Å². The van der Waals surface area contributed by atoms with Gasteiger partial charge in [0.25, 0.3) is 0 Å². The molecule has 138 valence electrons. The standard InChI is InChI=1S/C20H25N3O3/c1-13-10-17(22-18-14(13)4-3-5-16(18)26-2)23-8-6-20(7-9-23)11-15(19(24)25)21-12-20/h3-5,10,15,21H,6-9,11-12H2,1-2H3,(H,24,25). The molecular formula is C20H25N3O3. The third kappa shape index (κ3) is 2.88. The first-order chi connectivity index (χ1) is 12.5. The summed E-state index contributed by atoms with van der Waals surface area (Å²) in [5, 5.41) is 13.5. The molecule has 0 saturated carbocycles. The highest BCUT2D eigenvalue weighted by Crippen LogP contribution is 2.40. The molecule has 1 aromatic carbocycles. The van der Waals surface area contributed by atoms with Crippen molar-refractivity contribution in [2.75, 3.05) is 31.6 Å². The van der Waals surface area contributed by atoms with Crippen LogP contribution in [0.15, 0.2) is 24.3 Å². The number of benzene rings is 1. The van der Waals surface area contributed by atoms with E-state index < -0.39 is 12.0 Å². The molecule has 2 fully saturated rings. The largest absolute Gasteiger partial charge is 0.494 e. The third-order valence-corrected chi connectivity index (χ3v) is 6.02. The molecule has 1 unspecified atom stereocenters. The Labute approximate surface area is 153 Å². The first-order valence-corrected chi connectivity index (χ1v) is 9.17. The topological polar surface area (TPSA) is 74.7 Å². The van der Waals surface area contributed by atoms with E-state index in [1.807, 2.05) is 12.1 Å². The number of rotatable bonds is 3. The fourth-order valence-corrected chi connectivity index (χ4v) is 4.38. The number of ether oxygens (including phenoxy) is 1. The normalized spacial score (nSPS) is 22.1. The van der Waals surface area contributed by atoms with Crippen LogP contribution in [-0.2, 0) is 4.79 Å². The van der Waals surface area contributed by atoms with Crippen LogP contribution in [0.4, 0.5) is 5.82 Å². The lowest BCUT2D eigenvalue weighted by atomic mass is 9.76. The third-order valence-electron chi connectivity index (χ3n) is 6.02. The van der Waals surface area contributed by atoms with E-state index in [0.717, 1.165) is 61.4 Å².